The van der Waals surface area contributed by atoms with Gasteiger partial charge in [-0.3, -0.25) is 0 Å². The summed E-state index contributed by atoms with van der Waals surface area (Å²) in [5.74, 6) is 0. The lowest BCUT2D eigenvalue weighted by atomic mass is 9.84. The van der Waals surface area contributed by atoms with Crippen molar-refractivity contribution in [1.29, 1.82) is 0 Å². The normalized spacial score (nSPS) is 11.8. The second-order valence-corrected chi connectivity index (χ2v) is 17.1. The van der Waals surface area contributed by atoms with Crippen LogP contribution in [0.15, 0.2) is 243 Å². The summed E-state index contributed by atoms with van der Waals surface area (Å²) in [5.41, 5.74) is 12.3. The SMILES string of the molecule is c1ccc2c(-c3ccc4c(-c5ccc(-c6cc7ccccc7c7ccccc67)cc5)c5ccccc5c(-c5ccc(-c6cc7ccccc7c7ccccc67)cc5)c4c3)cccc2c1. The molecule has 0 fully saturated rings. The molecule has 296 valence electrons. The molecule has 64 heavy (non-hydrogen) atoms. The summed E-state index contributed by atoms with van der Waals surface area (Å²) in [6.07, 6.45) is 0. The molecule has 13 rings (SSSR count). The fourth-order valence-corrected chi connectivity index (χ4v) is 10.7. The Balaban J connectivity index is 1.02. The van der Waals surface area contributed by atoms with Crippen LogP contribution in [0, 0.1) is 0 Å². The highest BCUT2D eigenvalue weighted by atomic mass is 14.2. The van der Waals surface area contributed by atoms with Crippen LogP contribution in [0.2, 0.25) is 0 Å². The Kier molecular flexibility index (Phi) is 8.32. The molecule has 0 unspecified atom stereocenters. The second kappa shape index (κ2) is 14.7. The highest BCUT2D eigenvalue weighted by Gasteiger charge is 2.19. The van der Waals surface area contributed by atoms with Crippen LogP contribution in [0.3, 0.4) is 0 Å². The maximum atomic E-state index is 2.45. The Bertz CT molecular complexity index is 3980. The predicted molar refractivity (Wildman–Crippen MR) is 276 cm³/mol. The van der Waals surface area contributed by atoms with E-state index in [1.54, 1.807) is 0 Å². The van der Waals surface area contributed by atoms with E-state index in [0.717, 1.165) is 0 Å². The van der Waals surface area contributed by atoms with Crippen molar-refractivity contribution >= 4 is 75.4 Å². The van der Waals surface area contributed by atoms with Gasteiger partial charge in [-0.25, -0.2) is 0 Å². The number of hydrogen-bond donors (Lipinski definition) is 0. The molecule has 13 aromatic carbocycles. The lowest BCUT2D eigenvalue weighted by molar-refractivity contribution is 1.63. The number of benzene rings is 13. The van der Waals surface area contributed by atoms with Crippen LogP contribution in [0.4, 0.5) is 0 Å². The third-order valence-electron chi connectivity index (χ3n) is 13.6. The van der Waals surface area contributed by atoms with Gasteiger partial charge < -0.3 is 0 Å². The molecule has 0 nitrogen and oxygen atoms in total. The van der Waals surface area contributed by atoms with E-state index in [1.807, 2.05) is 0 Å². The van der Waals surface area contributed by atoms with Gasteiger partial charge in [-0.2, -0.15) is 0 Å². The highest BCUT2D eigenvalue weighted by molar-refractivity contribution is 6.23. The molecule has 0 radical (unpaired) electrons. The summed E-state index contributed by atoms with van der Waals surface area (Å²) in [4.78, 5) is 0. The number of hydrogen-bond acceptors (Lipinski definition) is 0. The third-order valence-corrected chi connectivity index (χ3v) is 13.6. The van der Waals surface area contributed by atoms with Crippen molar-refractivity contribution in [3.05, 3.63) is 243 Å². The largest absolute Gasteiger partial charge is 0.0616 e. The summed E-state index contributed by atoms with van der Waals surface area (Å²) in [6, 6.07) is 90.0. The van der Waals surface area contributed by atoms with Crippen molar-refractivity contribution in [1.82, 2.24) is 0 Å². The smallest absolute Gasteiger partial charge is 0.00261 e. The monoisotopic (exact) mass is 808 g/mol. The van der Waals surface area contributed by atoms with Crippen LogP contribution in [-0.4, -0.2) is 0 Å². The third kappa shape index (κ3) is 5.77. The maximum absolute atomic E-state index is 2.45. The molecule has 0 aliphatic heterocycles. The van der Waals surface area contributed by atoms with Crippen LogP contribution < -0.4 is 0 Å². The molecule has 0 bridgehead atoms. The van der Waals surface area contributed by atoms with E-state index < -0.39 is 0 Å². The predicted octanol–water partition coefficient (Wildman–Crippen LogP) is 18.1. The molecule has 0 aliphatic carbocycles. The standard InChI is InChI=1S/C64H40/c1-4-18-49-41(14-1)17-13-27-50(49)48-36-37-59-62(40-48)64(45-34-30-43(31-35-45)61-39-47-16-3-6-20-52(47)54-22-8-10-24-56(54)61)58-26-12-11-25-57(58)63(59)44-32-28-42(29-33-44)60-38-46-15-2-5-19-51(46)53-21-7-9-23-55(53)60/h1-40H. The van der Waals surface area contributed by atoms with E-state index in [9.17, 15) is 0 Å². The molecule has 0 heteroatoms. The van der Waals surface area contributed by atoms with Crippen LogP contribution in [0.5, 0.6) is 0 Å². The van der Waals surface area contributed by atoms with Gasteiger partial charge in [0.25, 0.3) is 0 Å². The van der Waals surface area contributed by atoms with Crippen molar-refractivity contribution in [3.63, 3.8) is 0 Å². The lowest BCUT2D eigenvalue weighted by Gasteiger charge is -2.20. The van der Waals surface area contributed by atoms with Crippen molar-refractivity contribution in [2.75, 3.05) is 0 Å². The molecular weight excluding hydrogens is 769 g/mol. The fourth-order valence-electron chi connectivity index (χ4n) is 10.7. The highest BCUT2D eigenvalue weighted by Crippen LogP contribution is 2.47. The number of fused-ring (bicyclic) bond motifs is 9. The van der Waals surface area contributed by atoms with Gasteiger partial charge in [0.2, 0.25) is 0 Å². The van der Waals surface area contributed by atoms with Crippen molar-refractivity contribution < 1.29 is 0 Å². The first-order valence-corrected chi connectivity index (χ1v) is 22.2. The molecule has 13 aromatic rings. The van der Waals surface area contributed by atoms with Gasteiger partial charge in [0.1, 0.15) is 0 Å². The zero-order chi connectivity index (χ0) is 42.1. The lowest BCUT2D eigenvalue weighted by Crippen LogP contribution is -1.92. The Morgan fingerprint density at radius 2 is 0.516 bits per heavy atom. The molecule has 0 saturated heterocycles. The molecule has 0 heterocycles. The van der Waals surface area contributed by atoms with E-state index in [4.69, 9.17) is 0 Å². The summed E-state index contributed by atoms with van der Waals surface area (Å²) < 4.78 is 0. The minimum atomic E-state index is 1.20. The van der Waals surface area contributed by atoms with Crippen LogP contribution >= 0.6 is 0 Å². The Morgan fingerprint density at radius 1 is 0.156 bits per heavy atom. The van der Waals surface area contributed by atoms with Gasteiger partial charge in [0.15, 0.2) is 0 Å². The second-order valence-electron chi connectivity index (χ2n) is 17.1. The molecular formula is C64H40. The quantitative estimate of drug-likeness (QED) is 0.120. The molecule has 0 amide bonds. The average Bonchev–Trinajstić information content (AvgIpc) is 3.37. The van der Waals surface area contributed by atoms with Crippen molar-refractivity contribution in [3.8, 4) is 55.6 Å². The summed E-state index contributed by atoms with van der Waals surface area (Å²) >= 11 is 0. The Hall–Kier alpha value is -8.32. The first kappa shape index (κ1) is 36.3. The van der Waals surface area contributed by atoms with Gasteiger partial charge in [-0.05, 0) is 149 Å². The first-order chi connectivity index (χ1) is 31.7. The van der Waals surface area contributed by atoms with Gasteiger partial charge in [0.05, 0.1) is 0 Å². The minimum Gasteiger partial charge on any atom is -0.0616 e. The van der Waals surface area contributed by atoms with E-state index >= 15 is 0 Å². The molecule has 0 spiro atoms. The van der Waals surface area contributed by atoms with Crippen LogP contribution in [-0.2, 0) is 0 Å². The van der Waals surface area contributed by atoms with E-state index in [1.165, 1.54) is 131 Å². The number of rotatable bonds is 5. The molecule has 0 atom stereocenters. The zero-order valence-corrected chi connectivity index (χ0v) is 35.1. The van der Waals surface area contributed by atoms with Gasteiger partial charge in [-0.1, -0.05) is 224 Å². The Morgan fingerprint density at radius 3 is 1.05 bits per heavy atom. The minimum absolute atomic E-state index is 1.20. The molecule has 0 saturated carbocycles. The van der Waals surface area contributed by atoms with Crippen LogP contribution in [0.25, 0.3) is 131 Å². The van der Waals surface area contributed by atoms with E-state index in [0.29, 0.717) is 0 Å². The van der Waals surface area contributed by atoms with Gasteiger partial charge in [0, 0.05) is 0 Å². The van der Waals surface area contributed by atoms with Gasteiger partial charge >= 0.3 is 0 Å². The molecule has 0 N–H and O–H groups in total. The van der Waals surface area contributed by atoms with Crippen molar-refractivity contribution in [2.24, 2.45) is 0 Å². The Labute approximate surface area is 371 Å². The maximum Gasteiger partial charge on any atom is -0.00261 e. The summed E-state index contributed by atoms with van der Waals surface area (Å²) in [6.45, 7) is 0. The van der Waals surface area contributed by atoms with Gasteiger partial charge in [-0.15, -0.1) is 0 Å². The average molecular weight is 809 g/mol. The first-order valence-electron chi connectivity index (χ1n) is 22.2. The van der Waals surface area contributed by atoms with E-state index in [-0.39, 0.29) is 0 Å². The van der Waals surface area contributed by atoms with Crippen molar-refractivity contribution in [2.45, 2.75) is 0 Å². The summed E-state index contributed by atoms with van der Waals surface area (Å²) in [7, 11) is 0. The zero-order valence-electron chi connectivity index (χ0n) is 35.1. The molecule has 0 aromatic heterocycles. The van der Waals surface area contributed by atoms with Crippen LogP contribution in [0.1, 0.15) is 0 Å². The van der Waals surface area contributed by atoms with E-state index in [2.05, 4.69) is 243 Å². The topological polar surface area (TPSA) is 0 Å². The fraction of sp³-hybridized carbons (Fsp3) is 0. The summed E-state index contributed by atoms with van der Waals surface area (Å²) in [5, 5.41) is 17.7. The molecule has 0 aliphatic rings.